The standard InChI is InChI=1S/C20H13ClO4/c21-13-7-5-12(6-8-13)11-24-14-9-16(22)19-18(10-14)25-17-4-2-1-3-15(17)20(19)23/h1-10,22H,11H2. The van der Waals surface area contributed by atoms with Crippen molar-refractivity contribution in [3.05, 3.63) is 81.5 Å². The first-order valence-corrected chi connectivity index (χ1v) is 8.05. The van der Waals surface area contributed by atoms with E-state index in [0.717, 1.165) is 5.56 Å². The van der Waals surface area contributed by atoms with E-state index >= 15 is 0 Å². The van der Waals surface area contributed by atoms with Gasteiger partial charge in [0.15, 0.2) is 0 Å². The molecule has 0 radical (unpaired) electrons. The average Bonchev–Trinajstić information content (AvgIpc) is 2.61. The highest BCUT2D eigenvalue weighted by Gasteiger charge is 2.13. The topological polar surface area (TPSA) is 59.7 Å². The Hall–Kier alpha value is -2.98. The van der Waals surface area contributed by atoms with Gasteiger partial charge in [-0.3, -0.25) is 4.79 Å². The smallest absolute Gasteiger partial charge is 0.204 e. The molecule has 0 aliphatic rings. The van der Waals surface area contributed by atoms with Crippen molar-refractivity contribution in [1.82, 2.24) is 0 Å². The van der Waals surface area contributed by atoms with Crippen LogP contribution in [0.5, 0.6) is 11.5 Å². The van der Waals surface area contributed by atoms with Gasteiger partial charge in [0.1, 0.15) is 34.7 Å². The van der Waals surface area contributed by atoms with E-state index in [-0.39, 0.29) is 22.1 Å². The molecule has 4 rings (SSSR count). The maximum atomic E-state index is 12.6. The molecular formula is C20H13ClO4. The van der Waals surface area contributed by atoms with Gasteiger partial charge < -0.3 is 14.3 Å². The number of benzene rings is 3. The minimum absolute atomic E-state index is 0.151. The number of aromatic hydroxyl groups is 1. The first-order valence-electron chi connectivity index (χ1n) is 7.67. The second-order valence-electron chi connectivity index (χ2n) is 5.66. The number of hydrogen-bond acceptors (Lipinski definition) is 4. The van der Waals surface area contributed by atoms with Crippen molar-refractivity contribution in [1.29, 1.82) is 0 Å². The van der Waals surface area contributed by atoms with Crippen molar-refractivity contribution in [2.24, 2.45) is 0 Å². The van der Waals surface area contributed by atoms with Crippen LogP contribution in [0.3, 0.4) is 0 Å². The number of phenolic OH excluding ortho intramolecular Hbond substituents is 1. The summed E-state index contributed by atoms with van der Waals surface area (Å²) in [7, 11) is 0. The maximum absolute atomic E-state index is 12.6. The molecule has 0 amide bonds. The third-order valence-corrected chi connectivity index (χ3v) is 4.20. The van der Waals surface area contributed by atoms with Crippen LogP contribution in [0.2, 0.25) is 5.02 Å². The first kappa shape index (κ1) is 15.5. The number of rotatable bonds is 3. The van der Waals surface area contributed by atoms with E-state index in [1.165, 1.54) is 6.07 Å². The van der Waals surface area contributed by atoms with Gasteiger partial charge in [0.05, 0.1) is 5.39 Å². The monoisotopic (exact) mass is 352 g/mol. The van der Waals surface area contributed by atoms with E-state index in [4.69, 9.17) is 20.8 Å². The molecule has 124 valence electrons. The SMILES string of the molecule is O=c1c2ccccc2oc2cc(OCc3ccc(Cl)cc3)cc(O)c12. The molecule has 25 heavy (non-hydrogen) atoms. The van der Waals surface area contributed by atoms with Crippen LogP contribution in [0.15, 0.2) is 69.9 Å². The summed E-state index contributed by atoms with van der Waals surface area (Å²) in [5.41, 5.74) is 1.42. The predicted molar refractivity (Wildman–Crippen MR) is 97.4 cm³/mol. The van der Waals surface area contributed by atoms with Gasteiger partial charge in [0, 0.05) is 17.2 Å². The molecule has 5 heteroatoms. The minimum Gasteiger partial charge on any atom is -0.507 e. The van der Waals surface area contributed by atoms with Crippen LogP contribution in [0.1, 0.15) is 5.56 Å². The van der Waals surface area contributed by atoms with Gasteiger partial charge in [0.2, 0.25) is 5.43 Å². The molecule has 0 unspecified atom stereocenters. The highest BCUT2D eigenvalue weighted by Crippen LogP contribution is 2.30. The van der Waals surface area contributed by atoms with Crippen LogP contribution in [0, 0.1) is 0 Å². The van der Waals surface area contributed by atoms with Crippen LogP contribution in [0.4, 0.5) is 0 Å². The normalized spacial score (nSPS) is 11.1. The lowest BCUT2D eigenvalue weighted by Gasteiger charge is -2.09. The summed E-state index contributed by atoms with van der Waals surface area (Å²) in [5.74, 6) is 0.251. The van der Waals surface area contributed by atoms with E-state index in [1.54, 1.807) is 42.5 Å². The molecule has 1 aromatic heterocycles. The van der Waals surface area contributed by atoms with Crippen molar-refractivity contribution in [2.75, 3.05) is 0 Å². The van der Waals surface area contributed by atoms with Crippen molar-refractivity contribution in [3.8, 4) is 11.5 Å². The number of fused-ring (bicyclic) bond motifs is 2. The van der Waals surface area contributed by atoms with Gasteiger partial charge in [-0.25, -0.2) is 0 Å². The maximum Gasteiger partial charge on any atom is 0.204 e. The molecule has 0 saturated heterocycles. The zero-order chi connectivity index (χ0) is 17.4. The highest BCUT2D eigenvalue weighted by molar-refractivity contribution is 6.30. The molecule has 0 atom stereocenters. The van der Waals surface area contributed by atoms with E-state index in [2.05, 4.69) is 0 Å². The molecule has 0 spiro atoms. The van der Waals surface area contributed by atoms with E-state index in [0.29, 0.717) is 28.3 Å². The van der Waals surface area contributed by atoms with Crippen molar-refractivity contribution < 1.29 is 14.3 Å². The van der Waals surface area contributed by atoms with Gasteiger partial charge in [-0.1, -0.05) is 35.9 Å². The van der Waals surface area contributed by atoms with Gasteiger partial charge in [0.25, 0.3) is 0 Å². The zero-order valence-corrected chi connectivity index (χ0v) is 13.8. The molecule has 4 nitrogen and oxygen atoms in total. The largest absolute Gasteiger partial charge is 0.507 e. The summed E-state index contributed by atoms with van der Waals surface area (Å²) in [4.78, 5) is 12.6. The molecule has 0 bridgehead atoms. The Labute approximate surface area is 147 Å². The number of hydrogen-bond donors (Lipinski definition) is 1. The Morgan fingerprint density at radius 1 is 1.00 bits per heavy atom. The molecule has 3 aromatic carbocycles. The molecule has 4 aromatic rings. The Morgan fingerprint density at radius 2 is 1.76 bits per heavy atom. The van der Waals surface area contributed by atoms with Gasteiger partial charge >= 0.3 is 0 Å². The van der Waals surface area contributed by atoms with E-state index < -0.39 is 0 Å². The Bertz CT molecular complexity index is 1130. The second-order valence-corrected chi connectivity index (χ2v) is 6.09. The molecule has 0 aliphatic heterocycles. The third-order valence-electron chi connectivity index (χ3n) is 3.95. The van der Waals surface area contributed by atoms with Crippen LogP contribution in [-0.2, 0) is 6.61 Å². The number of ether oxygens (including phenoxy) is 1. The summed E-state index contributed by atoms with van der Waals surface area (Å²) < 4.78 is 11.5. The Balaban J connectivity index is 1.74. The summed E-state index contributed by atoms with van der Waals surface area (Å²) in [5, 5.41) is 11.5. The predicted octanol–water partition coefficient (Wildman–Crippen LogP) is 4.88. The molecule has 1 N–H and O–H groups in total. The van der Waals surface area contributed by atoms with Crippen molar-refractivity contribution in [3.63, 3.8) is 0 Å². The molecular weight excluding hydrogens is 340 g/mol. The highest BCUT2D eigenvalue weighted by atomic mass is 35.5. The third kappa shape index (κ3) is 2.92. The molecule has 0 aliphatic carbocycles. The summed E-state index contributed by atoms with van der Waals surface area (Å²) in [6.07, 6.45) is 0. The fourth-order valence-electron chi connectivity index (χ4n) is 2.71. The minimum atomic E-state index is -0.265. The van der Waals surface area contributed by atoms with Crippen molar-refractivity contribution in [2.45, 2.75) is 6.61 Å². The average molecular weight is 353 g/mol. The Kier molecular flexibility index (Phi) is 3.82. The van der Waals surface area contributed by atoms with Crippen LogP contribution in [0.25, 0.3) is 21.9 Å². The lowest BCUT2D eigenvalue weighted by Crippen LogP contribution is -2.03. The zero-order valence-electron chi connectivity index (χ0n) is 13.0. The van der Waals surface area contributed by atoms with Crippen molar-refractivity contribution >= 4 is 33.5 Å². The van der Waals surface area contributed by atoms with Gasteiger partial charge in [-0.05, 0) is 29.8 Å². The quantitative estimate of drug-likeness (QED) is 0.533. The van der Waals surface area contributed by atoms with E-state index in [9.17, 15) is 9.90 Å². The van der Waals surface area contributed by atoms with E-state index in [1.807, 2.05) is 12.1 Å². The summed E-state index contributed by atoms with van der Waals surface area (Å²) >= 11 is 5.86. The summed E-state index contributed by atoms with van der Waals surface area (Å²) in [6.45, 7) is 0.305. The Morgan fingerprint density at radius 3 is 2.56 bits per heavy atom. The number of para-hydroxylation sites is 1. The first-order chi connectivity index (χ1) is 12.1. The molecule has 0 fully saturated rings. The molecule has 0 saturated carbocycles. The number of halogens is 1. The lowest BCUT2D eigenvalue weighted by molar-refractivity contribution is 0.304. The van der Waals surface area contributed by atoms with Crippen LogP contribution in [-0.4, -0.2) is 5.11 Å². The summed E-state index contributed by atoms with van der Waals surface area (Å²) in [6, 6.07) is 17.2. The van der Waals surface area contributed by atoms with Gasteiger partial charge in [-0.15, -0.1) is 0 Å². The fraction of sp³-hybridized carbons (Fsp3) is 0.0500. The second kappa shape index (κ2) is 6.15. The lowest BCUT2D eigenvalue weighted by atomic mass is 10.1. The van der Waals surface area contributed by atoms with Crippen LogP contribution < -0.4 is 10.2 Å². The number of phenols is 1. The van der Waals surface area contributed by atoms with Gasteiger partial charge in [-0.2, -0.15) is 0 Å². The fourth-order valence-corrected chi connectivity index (χ4v) is 2.84. The van der Waals surface area contributed by atoms with Crippen LogP contribution >= 0.6 is 11.6 Å². The molecule has 1 heterocycles.